The Kier molecular flexibility index (Phi) is 6.16. The second-order valence-electron chi connectivity index (χ2n) is 8.51. The molecule has 1 aromatic heterocycles. The maximum Gasteiger partial charge on any atom is 0.220 e. The molecule has 1 saturated carbocycles. The summed E-state index contributed by atoms with van der Waals surface area (Å²) in [6.07, 6.45) is 6.32. The fourth-order valence-corrected chi connectivity index (χ4v) is 4.21. The first kappa shape index (κ1) is 19.3. The van der Waals surface area contributed by atoms with Crippen molar-refractivity contribution in [2.45, 2.75) is 64.5 Å². The summed E-state index contributed by atoms with van der Waals surface area (Å²) in [7, 11) is 0. The number of amides is 1. The van der Waals surface area contributed by atoms with Crippen LogP contribution in [0.4, 0.5) is 0 Å². The van der Waals surface area contributed by atoms with Crippen LogP contribution >= 0.6 is 0 Å². The SMILES string of the molecule is C[C@H]1C[C@@H]1c1ccc(CCC(=O)NCc2ccccc2CN2CCCCC2)o1. The Morgan fingerprint density at radius 1 is 1.11 bits per heavy atom. The number of hydrogen-bond acceptors (Lipinski definition) is 3. The van der Waals surface area contributed by atoms with Crippen LogP contribution in [0.25, 0.3) is 0 Å². The van der Waals surface area contributed by atoms with Gasteiger partial charge in [0.2, 0.25) is 5.91 Å². The molecular weight excluding hydrogens is 348 g/mol. The normalized spacial score (nSPS) is 22.2. The average molecular weight is 381 g/mol. The van der Waals surface area contributed by atoms with Crippen LogP contribution in [0.15, 0.2) is 40.8 Å². The van der Waals surface area contributed by atoms with Crippen LogP contribution in [0, 0.1) is 5.92 Å². The van der Waals surface area contributed by atoms with E-state index in [1.165, 1.54) is 49.9 Å². The lowest BCUT2D eigenvalue weighted by Gasteiger charge is -2.27. The van der Waals surface area contributed by atoms with Gasteiger partial charge in [0.15, 0.2) is 0 Å². The van der Waals surface area contributed by atoms with E-state index >= 15 is 0 Å². The molecule has 0 unspecified atom stereocenters. The smallest absolute Gasteiger partial charge is 0.220 e. The van der Waals surface area contributed by atoms with E-state index in [9.17, 15) is 4.79 Å². The number of piperidine rings is 1. The third-order valence-corrected chi connectivity index (χ3v) is 6.19. The highest BCUT2D eigenvalue weighted by molar-refractivity contribution is 5.76. The summed E-state index contributed by atoms with van der Waals surface area (Å²) in [5, 5.41) is 3.10. The largest absolute Gasteiger partial charge is 0.466 e. The van der Waals surface area contributed by atoms with Crippen LogP contribution in [0.3, 0.4) is 0 Å². The molecule has 4 heteroatoms. The minimum Gasteiger partial charge on any atom is -0.466 e. The molecule has 1 aliphatic carbocycles. The van der Waals surface area contributed by atoms with Gasteiger partial charge in [0, 0.05) is 31.8 Å². The van der Waals surface area contributed by atoms with Gasteiger partial charge in [0.1, 0.15) is 11.5 Å². The van der Waals surface area contributed by atoms with Gasteiger partial charge >= 0.3 is 0 Å². The summed E-state index contributed by atoms with van der Waals surface area (Å²) in [4.78, 5) is 14.9. The van der Waals surface area contributed by atoms with Gasteiger partial charge in [0.25, 0.3) is 0 Å². The molecule has 28 heavy (non-hydrogen) atoms. The lowest BCUT2D eigenvalue weighted by molar-refractivity contribution is -0.121. The van der Waals surface area contributed by atoms with Gasteiger partial charge in [0.05, 0.1) is 0 Å². The molecule has 150 valence electrons. The molecule has 1 N–H and O–H groups in total. The molecule has 1 amide bonds. The maximum absolute atomic E-state index is 12.3. The summed E-state index contributed by atoms with van der Waals surface area (Å²) in [5.74, 6) is 3.45. The van der Waals surface area contributed by atoms with Gasteiger partial charge < -0.3 is 9.73 Å². The fraction of sp³-hybridized carbons (Fsp3) is 0.542. The zero-order valence-electron chi connectivity index (χ0n) is 17.0. The zero-order valence-corrected chi connectivity index (χ0v) is 17.0. The first-order valence-corrected chi connectivity index (χ1v) is 10.8. The summed E-state index contributed by atoms with van der Waals surface area (Å²) < 4.78 is 5.91. The highest BCUT2D eigenvalue weighted by Crippen LogP contribution is 2.47. The van der Waals surface area contributed by atoms with Crippen molar-refractivity contribution in [3.05, 3.63) is 59.0 Å². The highest BCUT2D eigenvalue weighted by atomic mass is 16.3. The number of nitrogens with zero attached hydrogens (tertiary/aromatic N) is 1. The Balaban J connectivity index is 1.24. The maximum atomic E-state index is 12.3. The van der Waals surface area contributed by atoms with Crippen molar-refractivity contribution in [1.82, 2.24) is 10.2 Å². The predicted molar refractivity (Wildman–Crippen MR) is 111 cm³/mol. The molecule has 1 aliphatic heterocycles. The molecule has 1 saturated heterocycles. The summed E-state index contributed by atoms with van der Waals surface area (Å²) in [6.45, 7) is 6.22. The minimum absolute atomic E-state index is 0.0884. The number of hydrogen-bond donors (Lipinski definition) is 1. The first-order chi connectivity index (χ1) is 13.7. The van der Waals surface area contributed by atoms with Crippen LogP contribution < -0.4 is 5.32 Å². The number of furan rings is 1. The third-order valence-electron chi connectivity index (χ3n) is 6.19. The van der Waals surface area contributed by atoms with E-state index in [1.54, 1.807) is 0 Å². The molecule has 4 nitrogen and oxygen atoms in total. The van der Waals surface area contributed by atoms with Crippen molar-refractivity contribution in [1.29, 1.82) is 0 Å². The monoisotopic (exact) mass is 380 g/mol. The lowest BCUT2D eigenvalue weighted by atomic mass is 10.0. The topological polar surface area (TPSA) is 45.5 Å². The molecule has 2 heterocycles. The second-order valence-corrected chi connectivity index (χ2v) is 8.51. The van der Waals surface area contributed by atoms with Crippen molar-refractivity contribution in [3.63, 3.8) is 0 Å². The van der Waals surface area contributed by atoms with Gasteiger partial charge in [-0.2, -0.15) is 0 Å². The molecule has 2 aromatic rings. The lowest BCUT2D eigenvalue weighted by Crippen LogP contribution is -2.30. The Morgan fingerprint density at radius 3 is 2.61 bits per heavy atom. The summed E-state index contributed by atoms with van der Waals surface area (Å²) in [5.41, 5.74) is 2.56. The van der Waals surface area contributed by atoms with Crippen LogP contribution in [0.5, 0.6) is 0 Å². The van der Waals surface area contributed by atoms with E-state index < -0.39 is 0 Å². The van der Waals surface area contributed by atoms with Gasteiger partial charge in [-0.05, 0) is 61.5 Å². The van der Waals surface area contributed by atoms with Crippen molar-refractivity contribution in [3.8, 4) is 0 Å². The Morgan fingerprint density at radius 2 is 1.86 bits per heavy atom. The summed E-state index contributed by atoms with van der Waals surface area (Å²) >= 11 is 0. The number of carbonyl (C=O) groups is 1. The van der Waals surface area contributed by atoms with E-state index in [2.05, 4.69) is 47.5 Å². The quantitative estimate of drug-likeness (QED) is 0.726. The predicted octanol–water partition coefficient (Wildman–Crippen LogP) is 4.64. The van der Waals surface area contributed by atoms with Gasteiger partial charge in [-0.3, -0.25) is 9.69 Å². The van der Waals surface area contributed by atoms with Crippen LogP contribution in [-0.2, 0) is 24.3 Å². The Bertz CT molecular complexity index is 791. The molecule has 2 atom stereocenters. The molecule has 1 aromatic carbocycles. The number of nitrogens with one attached hydrogen (secondary N) is 1. The van der Waals surface area contributed by atoms with Crippen molar-refractivity contribution in [2.24, 2.45) is 5.92 Å². The van der Waals surface area contributed by atoms with E-state index in [1.807, 2.05) is 6.07 Å². The van der Waals surface area contributed by atoms with E-state index in [4.69, 9.17) is 4.42 Å². The third kappa shape index (κ3) is 5.05. The van der Waals surface area contributed by atoms with Crippen LogP contribution in [0.2, 0.25) is 0 Å². The molecular formula is C24H32N2O2. The molecule has 0 bridgehead atoms. The van der Waals surface area contributed by atoms with Gasteiger partial charge in [-0.15, -0.1) is 0 Å². The first-order valence-electron chi connectivity index (χ1n) is 10.8. The molecule has 2 fully saturated rings. The zero-order chi connectivity index (χ0) is 19.3. The van der Waals surface area contributed by atoms with Crippen molar-refractivity contribution < 1.29 is 9.21 Å². The molecule has 4 rings (SSSR count). The molecule has 0 radical (unpaired) electrons. The molecule has 0 spiro atoms. The van der Waals surface area contributed by atoms with Crippen LogP contribution in [-0.4, -0.2) is 23.9 Å². The summed E-state index contributed by atoms with van der Waals surface area (Å²) in [6, 6.07) is 12.6. The van der Waals surface area contributed by atoms with Gasteiger partial charge in [-0.25, -0.2) is 0 Å². The fourth-order valence-electron chi connectivity index (χ4n) is 4.21. The van der Waals surface area contributed by atoms with Crippen molar-refractivity contribution >= 4 is 5.91 Å². The van der Waals surface area contributed by atoms with Gasteiger partial charge in [-0.1, -0.05) is 37.6 Å². The standard InChI is InChI=1S/C24H32N2O2/c1-18-15-22(18)23-11-9-21(28-23)10-12-24(27)25-16-19-7-3-4-8-20(19)17-26-13-5-2-6-14-26/h3-4,7-9,11,18,22H,2,5-6,10,12-17H2,1H3,(H,25,27)/t18-,22-/m0/s1. The number of carbonyl (C=O) groups excluding carboxylic acids is 1. The van der Waals surface area contributed by atoms with Crippen LogP contribution in [0.1, 0.15) is 67.6 Å². The second kappa shape index (κ2) is 8.95. The molecule has 2 aliphatic rings. The Labute approximate surface area is 168 Å². The highest BCUT2D eigenvalue weighted by Gasteiger charge is 2.36. The Hall–Kier alpha value is -2.07. The van der Waals surface area contributed by atoms with E-state index in [-0.39, 0.29) is 5.91 Å². The van der Waals surface area contributed by atoms with E-state index in [0.717, 1.165) is 24.0 Å². The number of likely N-dealkylation sites (tertiary alicyclic amines) is 1. The van der Waals surface area contributed by atoms with E-state index in [0.29, 0.717) is 25.3 Å². The minimum atomic E-state index is 0.0884. The number of benzene rings is 1. The number of rotatable bonds is 8. The van der Waals surface area contributed by atoms with Crippen molar-refractivity contribution in [2.75, 3.05) is 13.1 Å². The number of aryl methyl sites for hydroxylation is 1. The average Bonchev–Trinajstić information content (AvgIpc) is 3.26.